The highest BCUT2D eigenvalue weighted by Crippen LogP contribution is 2.47. The number of benzene rings is 3. The maximum Gasteiger partial charge on any atom is 0.243 e. The molecule has 1 aliphatic rings. The Hall–Kier alpha value is -6.52. The molecule has 1 fully saturated rings. The lowest BCUT2D eigenvalue weighted by molar-refractivity contribution is -0.134. The molecule has 14 N–H and O–H groups in total. The van der Waals surface area contributed by atoms with Gasteiger partial charge in [-0.25, -0.2) is 9.38 Å². The molecule has 0 heterocycles. The van der Waals surface area contributed by atoms with E-state index in [0.29, 0.717) is 29.7 Å². The van der Waals surface area contributed by atoms with E-state index in [2.05, 4.69) is 31.3 Å². The number of nitrogens with one attached hydrogen (secondary N) is 4. The lowest BCUT2D eigenvalue weighted by atomic mass is 9.99. The molecule has 0 aromatic heterocycles. The molecule has 3 aromatic rings. The van der Waals surface area contributed by atoms with Crippen molar-refractivity contribution in [3.63, 3.8) is 0 Å². The number of nitrogens with two attached hydrogens (primary N) is 5. The third-order valence-corrected chi connectivity index (χ3v) is 9.55. The van der Waals surface area contributed by atoms with E-state index in [-0.39, 0.29) is 67.8 Å². The van der Waals surface area contributed by atoms with Crippen molar-refractivity contribution in [3.8, 4) is 0 Å². The zero-order valence-corrected chi connectivity index (χ0v) is 32.7. The van der Waals surface area contributed by atoms with Crippen LogP contribution < -0.4 is 49.9 Å². The normalized spacial score (nSPS) is 16.4. The number of rotatable bonds is 21. The van der Waals surface area contributed by atoms with Gasteiger partial charge in [0, 0.05) is 25.3 Å². The van der Waals surface area contributed by atoms with E-state index in [0.717, 1.165) is 5.56 Å². The van der Waals surface area contributed by atoms with Crippen LogP contribution in [-0.2, 0) is 36.8 Å². The standard InChI is InChI=1S/C41H54FN11O5/c1-23(2)19-32(37(56)50-31(35(43)54)9-6-18-48-40(44)45)52-39(58)34(21-25-12-16-28(17-13-25)49-41(46)47)53-38(57)33(20-24-10-14-27(42)15-11-24)51-36(55)30-22-29(30)26-7-4-3-5-8-26/h3-5,7-8,10-17,23,29-34H,6,9,18-22H2,1-2H3,(H2,43,54)(H,50,56)(H,51,55)(H,52,58)(H,53,57)(H4,44,45,48)(H4,46,47,49)/t29-,30+,31+,32+,33+,34+/m1/s1. The molecule has 3 aromatic carbocycles. The van der Waals surface area contributed by atoms with Crippen molar-refractivity contribution in [1.82, 2.24) is 21.3 Å². The molecule has 5 amide bonds. The lowest BCUT2D eigenvalue weighted by Gasteiger charge is -2.27. The van der Waals surface area contributed by atoms with Gasteiger partial charge in [0.05, 0.1) is 5.69 Å². The van der Waals surface area contributed by atoms with Crippen molar-refractivity contribution in [2.45, 2.75) is 82.5 Å². The fraction of sp³-hybridized carbons (Fsp3) is 0.390. The first-order valence-corrected chi connectivity index (χ1v) is 19.1. The van der Waals surface area contributed by atoms with Crippen LogP contribution in [0.5, 0.6) is 0 Å². The fourth-order valence-corrected chi connectivity index (χ4v) is 6.51. The van der Waals surface area contributed by atoms with E-state index in [9.17, 15) is 28.4 Å². The third kappa shape index (κ3) is 14.2. The van der Waals surface area contributed by atoms with Crippen LogP contribution in [0, 0.1) is 17.7 Å². The number of aliphatic imine (C=N–C) groups is 2. The van der Waals surface area contributed by atoms with Crippen LogP contribution in [-0.4, -0.2) is 72.2 Å². The number of primary amides is 1. The molecule has 17 heteroatoms. The van der Waals surface area contributed by atoms with Gasteiger partial charge in [-0.15, -0.1) is 0 Å². The Labute approximate surface area is 337 Å². The van der Waals surface area contributed by atoms with E-state index in [4.69, 9.17) is 28.7 Å². The van der Waals surface area contributed by atoms with Gasteiger partial charge in [-0.3, -0.25) is 29.0 Å². The summed E-state index contributed by atoms with van der Waals surface area (Å²) in [6, 6.07) is 17.1. The van der Waals surface area contributed by atoms with E-state index in [1.165, 1.54) is 24.3 Å². The average molecular weight is 800 g/mol. The summed E-state index contributed by atoms with van der Waals surface area (Å²) in [6.07, 6.45) is 1.22. The van der Waals surface area contributed by atoms with E-state index in [1.54, 1.807) is 24.3 Å². The molecular weight excluding hydrogens is 746 g/mol. The Kier molecular flexibility index (Phi) is 16.1. The highest BCUT2D eigenvalue weighted by atomic mass is 19.1. The maximum atomic E-state index is 14.2. The maximum absolute atomic E-state index is 14.2. The molecule has 0 unspecified atom stereocenters. The Bertz CT molecular complexity index is 1930. The molecule has 58 heavy (non-hydrogen) atoms. The summed E-state index contributed by atoms with van der Waals surface area (Å²) in [5.41, 5.74) is 30.1. The number of hydrogen-bond donors (Lipinski definition) is 9. The Morgan fingerprint density at radius 1 is 0.690 bits per heavy atom. The van der Waals surface area contributed by atoms with Gasteiger partial charge in [0.1, 0.15) is 30.0 Å². The molecular formula is C41H54FN11O5. The number of amides is 5. The summed E-state index contributed by atoms with van der Waals surface area (Å²) in [5.74, 6) is -4.32. The van der Waals surface area contributed by atoms with Gasteiger partial charge in [0.15, 0.2) is 11.9 Å². The molecule has 0 spiro atoms. The summed E-state index contributed by atoms with van der Waals surface area (Å²) < 4.78 is 13.8. The van der Waals surface area contributed by atoms with E-state index >= 15 is 0 Å². The van der Waals surface area contributed by atoms with Crippen molar-refractivity contribution in [2.75, 3.05) is 6.54 Å². The van der Waals surface area contributed by atoms with Crippen LogP contribution in [0.25, 0.3) is 0 Å². The molecule has 0 radical (unpaired) electrons. The van der Waals surface area contributed by atoms with Crippen molar-refractivity contribution < 1.29 is 28.4 Å². The van der Waals surface area contributed by atoms with Crippen LogP contribution in [0.2, 0.25) is 0 Å². The average Bonchev–Trinajstić information content (AvgIpc) is 3.98. The van der Waals surface area contributed by atoms with Crippen LogP contribution in [0.1, 0.15) is 62.1 Å². The summed E-state index contributed by atoms with van der Waals surface area (Å²) in [4.78, 5) is 75.9. The van der Waals surface area contributed by atoms with Gasteiger partial charge in [-0.05, 0) is 78.5 Å². The quantitative estimate of drug-likeness (QED) is 0.0419. The minimum atomic E-state index is -1.26. The van der Waals surface area contributed by atoms with Crippen molar-refractivity contribution in [2.24, 2.45) is 50.5 Å². The first-order valence-electron chi connectivity index (χ1n) is 19.1. The monoisotopic (exact) mass is 799 g/mol. The van der Waals surface area contributed by atoms with E-state index < -0.39 is 53.6 Å². The van der Waals surface area contributed by atoms with Crippen LogP contribution in [0.15, 0.2) is 88.8 Å². The van der Waals surface area contributed by atoms with E-state index in [1.807, 2.05) is 44.2 Å². The van der Waals surface area contributed by atoms with Gasteiger partial charge in [-0.2, -0.15) is 0 Å². The van der Waals surface area contributed by atoms with Crippen molar-refractivity contribution >= 4 is 47.1 Å². The fourth-order valence-electron chi connectivity index (χ4n) is 6.51. The highest BCUT2D eigenvalue weighted by molar-refractivity contribution is 5.96. The van der Waals surface area contributed by atoms with Gasteiger partial charge in [0.25, 0.3) is 0 Å². The van der Waals surface area contributed by atoms with Crippen LogP contribution >= 0.6 is 0 Å². The molecule has 0 bridgehead atoms. The molecule has 310 valence electrons. The van der Waals surface area contributed by atoms with Crippen molar-refractivity contribution in [3.05, 3.63) is 101 Å². The second kappa shape index (κ2) is 21.1. The number of guanidine groups is 2. The first-order chi connectivity index (χ1) is 27.6. The molecule has 1 aliphatic carbocycles. The minimum absolute atomic E-state index is 0.00179. The second-order valence-corrected chi connectivity index (χ2v) is 14.8. The Morgan fingerprint density at radius 3 is 1.78 bits per heavy atom. The Balaban J connectivity index is 1.59. The van der Waals surface area contributed by atoms with Gasteiger partial charge in [0.2, 0.25) is 29.5 Å². The number of hydrogen-bond acceptors (Lipinski definition) is 7. The van der Waals surface area contributed by atoms with Gasteiger partial charge in [-0.1, -0.05) is 68.4 Å². The largest absolute Gasteiger partial charge is 0.370 e. The number of carbonyl (C=O) groups excluding carboxylic acids is 5. The summed E-state index contributed by atoms with van der Waals surface area (Å²) in [5, 5.41) is 11.1. The summed E-state index contributed by atoms with van der Waals surface area (Å²) in [7, 11) is 0. The van der Waals surface area contributed by atoms with Crippen LogP contribution in [0.3, 0.4) is 0 Å². The molecule has 16 nitrogen and oxygen atoms in total. The molecule has 0 aliphatic heterocycles. The topological polar surface area (TPSA) is 288 Å². The molecule has 1 saturated carbocycles. The predicted octanol–water partition coefficient (Wildman–Crippen LogP) is 0.844. The predicted molar refractivity (Wildman–Crippen MR) is 219 cm³/mol. The van der Waals surface area contributed by atoms with Crippen molar-refractivity contribution in [1.29, 1.82) is 0 Å². The Morgan fingerprint density at radius 2 is 1.22 bits per heavy atom. The number of halogens is 1. The zero-order valence-electron chi connectivity index (χ0n) is 32.7. The lowest BCUT2D eigenvalue weighted by Crippen LogP contribution is -2.59. The molecule has 0 saturated heterocycles. The molecule has 4 rings (SSSR count). The summed E-state index contributed by atoms with van der Waals surface area (Å²) >= 11 is 0. The smallest absolute Gasteiger partial charge is 0.243 e. The second-order valence-electron chi connectivity index (χ2n) is 14.8. The van der Waals surface area contributed by atoms with Gasteiger partial charge < -0.3 is 49.9 Å². The summed E-state index contributed by atoms with van der Waals surface area (Å²) in [6.45, 7) is 3.92. The van der Waals surface area contributed by atoms with Crippen LogP contribution in [0.4, 0.5) is 10.1 Å². The SMILES string of the molecule is CC(C)C[C@H](NC(=O)[C@H](Cc1ccc(N=C(N)N)cc1)NC(=O)[C@H](Cc1ccc(F)cc1)NC(=O)[C@H]1C[C@@H]1c1ccccc1)C(=O)N[C@@H](CCCN=C(N)N)C(N)=O. The number of nitrogens with zero attached hydrogens (tertiary/aromatic N) is 2. The minimum Gasteiger partial charge on any atom is -0.370 e. The molecule has 6 atom stereocenters. The third-order valence-electron chi connectivity index (χ3n) is 9.55. The number of carbonyl (C=O) groups is 5. The van der Waals surface area contributed by atoms with Gasteiger partial charge >= 0.3 is 0 Å². The first kappa shape index (κ1) is 44.2. The highest BCUT2D eigenvalue weighted by Gasteiger charge is 2.45. The zero-order chi connectivity index (χ0) is 42.4.